The smallest absolute Gasteiger partial charge is 0.417 e. The minimum atomic E-state index is -4.73. The zero-order chi connectivity index (χ0) is 30.8. The van der Waals surface area contributed by atoms with Crippen molar-refractivity contribution in [1.29, 1.82) is 5.26 Å². The second kappa shape index (κ2) is 12.0. The van der Waals surface area contributed by atoms with Crippen LogP contribution in [-0.4, -0.2) is 46.1 Å². The summed E-state index contributed by atoms with van der Waals surface area (Å²) in [6.07, 6.45) is -3.14. The van der Waals surface area contributed by atoms with Crippen molar-refractivity contribution in [2.75, 3.05) is 41.3 Å². The number of piperazine rings is 1. The van der Waals surface area contributed by atoms with Crippen LogP contribution in [0, 0.1) is 11.3 Å². The third-order valence-corrected chi connectivity index (χ3v) is 7.76. The first-order valence-electron chi connectivity index (χ1n) is 13.3. The molecule has 1 aliphatic rings. The number of anilines is 4. The number of pyridine rings is 1. The van der Waals surface area contributed by atoms with Gasteiger partial charge in [0.2, 0.25) is 11.9 Å². The number of nitrogens with one attached hydrogen (secondary N) is 1. The fourth-order valence-corrected chi connectivity index (χ4v) is 5.23. The minimum absolute atomic E-state index is 0.0363. The average Bonchev–Trinajstić information content (AvgIpc) is 3.02. The number of alkyl halides is 3. The van der Waals surface area contributed by atoms with Crippen LogP contribution in [0.4, 0.5) is 36.4 Å². The Bertz CT molecular complexity index is 1890. The van der Waals surface area contributed by atoms with Crippen molar-refractivity contribution < 1.29 is 17.9 Å². The summed E-state index contributed by atoms with van der Waals surface area (Å²) in [5.74, 6) is 0.663. The first-order chi connectivity index (χ1) is 21.2. The molecule has 3 aromatic carbocycles. The van der Waals surface area contributed by atoms with Crippen molar-refractivity contribution in [3.8, 4) is 17.8 Å². The number of hydrogen-bond acceptors (Lipinski definition) is 9. The molecule has 0 amide bonds. The van der Waals surface area contributed by atoms with Gasteiger partial charge in [0.25, 0.3) is 0 Å². The van der Waals surface area contributed by atoms with E-state index < -0.39 is 17.3 Å². The molecule has 0 radical (unpaired) electrons. The standard InChI is InChI=1S/C30H21Cl2F3N8O/c31-22-5-3-7-24(26(22)32)42-12-14-43(15-13-42)28-39-27(38-19-9-8-18(17-36)21(16-19)30(33,34)35)40-29(41-28)44-25-10-11-37-23-6-2-1-4-20(23)25/h1-11,16H,12-15H2,(H,38,39,40,41). The van der Waals surface area contributed by atoms with E-state index in [4.69, 9.17) is 33.2 Å². The second-order valence-corrected chi connectivity index (χ2v) is 10.5. The highest BCUT2D eigenvalue weighted by molar-refractivity contribution is 6.43. The molecule has 0 aliphatic carbocycles. The van der Waals surface area contributed by atoms with Gasteiger partial charge in [-0.25, -0.2) is 0 Å². The fourth-order valence-electron chi connectivity index (χ4n) is 4.81. The molecule has 1 saturated heterocycles. The number of fused-ring (bicyclic) bond motifs is 1. The van der Waals surface area contributed by atoms with Crippen LogP contribution in [0.1, 0.15) is 11.1 Å². The summed E-state index contributed by atoms with van der Waals surface area (Å²) in [5.41, 5.74) is -0.0213. The highest BCUT2D eigenvalue weighted by Crippen LogP contribution is 2.36. The average molecular weight is 637 g/mol. The normalized spacial score (nSPS) is 13.5. The third kappa shape index (κ3) is 6.10. The van der Waals surface area contributed by atoms with Gasteiger partial charge in [0.15, 0.2) is 0 Å². The SMILES string of the molecule is N#Cc1ccc(Nc2nc(Oc3ccnc4ccccc34)nc(N3CCN(c4cccc(Cl)c4Cl)CC3)n2)cc1C(F)(F)F. The molecule has 1 fully saturated rings. The van der Waals surface area contributed by atoms with E-state index in [9.17, 15) is 13.2 Å². The number of benzene rings is 3. The molecule has 0 saturated carbocycles. The zero-order valence-corrected chi connectivity index (χ0v) is 24.2. The van der Waals surface area contributed by atoms with Crippen LogP contribution >= 0.6 is 23.2 Å². The molecular formula is C30H21Cl2F3N8O. The number of hydrogen-bond donors (Lipinski definition) is 1. The molecule has 0 spiro atoms. The van der Waals surface area contributed by atoms with Gasteiger partial charge in [0.05, 0.1) is 38.4 Å². The maximum Gasteiger partial charge on any atom is 0.417 e. The van der Waals surface area contributed by atoms with E-state index in [-0.39, 0.29) is 23.6 Å². The lowest BCUT2D eigenvalue weighted by Gasteiger charge is -2.36. The predicted octanol–water partition coefficient (Wildman–Crippen LogP) is 7.48. The van der Waals surface area contributed by atoms with Gasteiger partial charge in [0, 0.05) is 43.4 Å². The van der Waals surface area contributed by atoms with E-state index in [1.54, 1.807) is 24.4 Å². The van der Waals surface area contributed by atoms with E-state index in [1.165, 1.54) is 6.07 Å². The van der Waals surface area contributed by atoms with Crippen molar-refractivity contribution in [2.24, 2.45) is 0 Å². The van der Waals surface area contributed by atoms with E-state index in [0.29, 0.717) is 47.5 Å². The van der Waals surface area contributed by atoms with Gasteiger partial charge in [-0.2, -0.15) is 33.4 Å². The molecule has 14 heteroatoms. The largest absolute Gasteiger partial charge is 0.423 e. The number of rotatable bonds is 6. The first kappa shape index (κ1) is 29.2. The van der Waals surface area contributed by atoms with E-state index in [2.05, 4.69) is 30.2 Å². The van der Waals surface area contributed by atoms with E-state index >= 15 is 0 Å². The predicted molar refractivity (Wildman–Crippen MR) is 162 cm³/mol. The van der Waals surface area contributed by atoms with Gasteiger partial charge in [-0.15, -0.1) is 0 Å². The molecule has 222 valence electrons. The number of para-hydroxylation sites is 1. The van der Waals surface area contributed by atoms with Crippen LogP contribution in [0.5, 0.6) is 11.8 Å². The summed E-state index contributed by atoms with van der Waals surface area (Å²) in [6.45, 7) is 2.15. The topological polar surface area (TPSA) is 103 Å². The third-order valence-electron chi connectivity index (χ3n) is 6.95. The summed E-state index contributed by atoms with van der Waals surface area (Å²) in [4.78, 5) is 21.8. The van der Waals surface area contributed by atoms with Crippen molar-refractivity contribution in [1.82, 2.24) is 19.9 Å². The lowest BCUT2D eigenvalue weighted by molar-refractivity contribution is -0.137. The van der Waals surface area contributed by atoms with Gasteiger partial charge < -0.3 is 19.9 Å². The Balaban J connectivity index is 1.33. The Labute approximate surface area is 259 Å². The second-order valence-electron chi connectivity index (χ2n) is 9.71. The number of nitriles is 1. The van der Waals surface area contributed by atoms with Crippen LogP contribution in [0.25, 0.3) is 10.9 Å². The highest BCUT2D eigenvalue weighted by Gasteiger charge is 2.34. The summed E-state index contributed by atoms with van der Waals surface area (Å²) >= 11 is 12.7. The highest BCUT2D eigenvalue weighted by atomic mass is 35.5. The molecule has 2 aromatic heterocycles. The first-order valence-corrected chi connectivity index (χ1v) is 14.0. The number of nitrogens with zero attached hydrogens (tertiary/aromatic N) is 7. The molecule has 3 heterocycles. The summed E-state index contributed by atoms with van der Waals surface area (Å²) in [7, 11) is 0. The molecule has 1 aliphatic heterocycles. The molecule has 0 unspecified atom stereocenters. The van der Waals surface area contributed by atoms with Crippen molar-refractivity contribution in [3.63, 3.8) is 0 Å². The maximum absolute atomic E-state index is 13.6. The van der Waals surface area contributed by atoms with Crippen molar-refractivity contribution in [3.05, 3.63) is 94.1 Å². The van der Waals surface area contributed by atoms with Crippen molar-refractivity contribution >= 4 is 57.4 Å². The molecule has 0 atom stereocenters. The monoisotopic (exact) mass is 636 g/mol. The Hall–Kier alpha value is -4.86. The quantitative estimate of drug-likeness (QED) is 0.203. The fraction of sp³-hybridized carbons (Fsp3) is 0.167. The molecule has 1 N–H and O–H groups in total. The van der Waals surface area contributed by atoms with Crippen molar-refractivity contribution in [2.45, 2.75) is 6.18 Å². The lowest BCUT2D eigenvalue weighted by atomic mass is 10.1. The summed E-state index contributed by atoms with van der Waals surface area (Å²) < 4.78 is 47.0. The molecule has 6 rings (SSSR count). The number of aromatic nitrogens is 4. The van der Waals surface area contributed by atoms with Gasteiger partial charge in [-0.1, -0.05) is 41.4 Å². The Morgan fingerprint density at radius 1 is 0.886 bits per heavy atom. The molecule has 5 aromatic rings. The lowest BCUT2D eigenvalue weighted by Crippen LogP contribution is -2.47. The maximum atomic E-state index is 13.6. The van der Waals surface area contributed by atoms with Gasteiger partial charge in [-0.05, 0) is 48.5 Å². The van der Waals surface area contributed by atoms with E-state index in [0.717, 1.165) is 23.2 Å². The molecule has 9 nitrogen and oxygen atoms in total. The Morgan fingerprint density at radius 3 is 2.43 bits per heavy atom. The van der Waals surface area contributed by atoms with Gasteiger partial charge in [-0.3, -0.25) is 4.98 Å². The zero-order valence-electron chi connectivity index (χ0n) is 22.7. The summed E-state index contributed by atoms with van der Waals surface area (Å²) in [6, 6.07) is 19.3. The van der Waals surface area contributed by atoms with Crippen LogP contribution in [0.3, 0.4) is 0 Å². The van der Waals surface area contributed by atoms with Gasteiger partial charge >= 0.3 is 12.2 Å². The number of ether oxygens (including phenoxy) is 1. The van der Waals surface area contributed by atoms with E-state index in [1.807, 2.05) is 41.3 Å². The number of halogens is 5. The van der Waals surface area contributed by atoms with Crippen LogP contribution < -0.4 is 19.9 Å². The van der Waals surface area contributed by atoms with Crippen LogP contribution in [0.15, 0.2) is 72.9 Å². The van der Waals surface area contributed by atoms with Crippen LogP contribution in [0.2, 0.25) is 10.0 Å². The molecule has 44 heavy (non-hydrogen) atoms. The Kier molecular flexibility index (Phi) is 7.99. The molecular weight excluding hydrogens is 616 g/mol. The van der Waals surface area contributed by atoms with Gasteiger partial charge in [0.1, 0.15) is 5.75 Å². The minimum Gasteiger partial charge on any atom is -0.423 e. The Morgan fingerprint density at radius 2 is 1.66 bits per heavy atom. The summed E-state index contributed by atoms with van der Waals surface area (Å²) in [5, 5.41) is 13.6. The van der Waals surface area contributed by atoms with Crippen LogP contribution in [-0.2, 0) is 6.18 Å². The molecule has 0 bridgehead atoms.